The number of hydrogen-bond acceptors (Lipinski definition) is 3. The molecule has 0 amide bonds. The van der Waals surface area contributed by atoms with Gasteiger partial charge in [-0.25, -0.2) is 0 Å². The van der Waals surface area contributed by atoms with E-state index < -0.39 is 0 Å². The molecule has 110 valence electrons. The highest BCUT2D eigenvalue weighted by Crippen LogP contribution is 2.13. The fourth-order valence-electron chi connectivity index (χ4n) is 2.06. The number of hydrogen-bond donors (Lipinski definition) is 1. The molecular formula is C17H27N3. The van der Waals surface area contributed by atoms with Gasteiger partial charge in [0.25, 0.3) is 0 Å². The molecule has 1 aromatic carbocycles. The molecule has 3 nitrogen and oxygen atoms in total. The summed E-state index contributed by atoms with van der Waals surface area (Å²) in [6, 6.07) is 10.9. The Morgan fingerprint density at radius 3 is 2.65 bits per heavy atom. The molecule has 0 heterocycles. The van der Waals surface area contributed by atoms with Crippen LogP contribution in [0.15, 0.2) is 24.3 Å². The third-order valence-electron chi connectivity index (χ3n) is 3.79. The molecule has 1 atom stereocenters. The van der Waals surface area contributed by atoms with Crippen molar-refractivity contribution in [3.8, 4) is 6.07 Å². The Hall–Kier alpha value is -1.37. The molecule has 0 saturated carbocycles. The van der Waals surface area contributed by atoms with Gasteiger partial charge in [-0.15, -0.1) is 0 Å². The van der Waals surface area contributed by atoms with E-state index in [-0.39, 0.29) is 0 Å². The molecule has 0 saturated heterocycles. The van der Waals surface area contributed by atoms with Crippen LogP contribution in [0.25, 0.3) is 0 Å². The summed E-state index contributed by atoms with van der Waals surface area (Å²) in [5.74, 6) is 0. The molecule has 20 heavy (non-hydrogen) atoms. The van der Waals surface area contributed by atoms with Crippen molar-refractivity contribution >= 4 is 0 Å². The Morgan fingerprint density at radius 1 is 1.25 bits per heavy atom. The van der Waals surface area contributed by atoms with Crippen molar-refractivity contribution in [1.29, 1.82) is 5.26 Å². The minimum atomic E-state index is 0.297. The van der Waals surface area contributed by atoms with Gasteiger partial charge in [0.15, 0.2) is 0 Å². The number of nitrogens with one attached hydrogen (secondary N) is 1. The Morgan fingerprint density at radius 2 is 2.00 bits per heavy atom. The monoisotopic (exact) mass is 273 g/mol. The average molecular weight is 273 g/mol. The summed E-state index contributed by atoms with van der Waals surface area (Å²) in [5.41, 5.74) is 1.91. The number of unbranched alkanes of at least 4 members (excludes halogenated alkanes) is 1. The standard InChI is InChI=1S/C17H27N3/c1-14(2)20(4)11-6-5-10-19-15(3)17-9-7-8-16(12-17)13-18/h7-9,12,14-15,19H,5-6,10-11H2,1-4H3. The van der Waals surface area contributed by atoms with Crippen LogP contribution in [-0.4, -0.2) is 31.1 Å². The van der Waals surface area contributed by atoms with Gasteiger partial charge >= 0.3 is 0 Å². The van der Waals surface area contributed by atoms with Crippen molar-refractivity contribution in [2.75, 3.05) is 20.1 Å². The van der Waals surface area contributed by atoms with Crippen LogP contribution in [0, 0.1) is 11.3 Å². The number of rotatable bonds is 8. The van der Waals surface area contributed by atoms with Crippen molar-refractivity contribution in [2.24, 2.45) is 0 Å². The summed E-state index contributed by atoms with van der Waals surface area (Å²) < 4.78 is 0. The predicted molar refractivity (Wildman–Crippen MR) is 84.6 cm³/mol. The van der Waals surface area contributed by atoms with Crippen molar-refractivity contribution in [2.45, 2.75) is 45.7 Å². The highest BCUT2D eigenvalue weighted by atomic mass is 15.1. The molecule has 0 spiro atoms. The van der Waals surface area contributed by atoms with Crippen LogP contribution >= 0.6 is 0 Å². The zero-order valence-electron chi connectivity index (χ0n) is 13.2. The van der Waals surface area contributed by atoms with Gasteiger partial charge < -0.3 is 10.2 Å². The summed E-state index contributed by atoms with van der Waals surface area (Å²) in [6.07, 6.45) is 2.39. The van der Waals surface area contributed by atoms with Crippen LogP contribution in [0.4, 0.5) is 0 Å². The first-order valence-corrected chi connectivity index (χ1v) is 7.48. The van der Waals surface area contributed by atoms with E-state index >= 15 is 0 Å². The highest BCUT2D eigenvalue weighted by Gasteiger charge is 2.06. The van der Waals surface area contributed by atoms with Crippen molar-refractivity contribution in [3.63, 3.8) is 0 Å². The Labute approximate surface area is 123 Å². The van der Waals surface area contributed by atoms with E-state index in [4.69, 9.17) is 5.26 Å². The van der Waals surface area contributed by atoms with Crippen LogP contribution in [0.5, 0.6) is 0 Å². The summed E-state index contributed by atoms with van der Waals surface area (Å²) in [5, 5.41) is 12.4. The fraction of sp³-hybridized carbons (Fsp3) is 0.588. The first-order chi connectivity index (χ1) is 9.54. The summed E-state index contributed by atoms with van der Waals surface area (Å²) in [7, 11) is 2.17. The quantitative estimate of drug-likeness (QED) is 0.738. The van der Waals surface area contributed by atoms with Gasteiger partial charge in [-0.05, 0) is 71.4 Å². The van der Waals surface area contributed by atoms with Crippen LogP contribution in [0.3, 0.4) is 0 Å². The maximum absolute atomic E-state index is 8.91. The van der Waals surface area contributed by atoms with Crippen LogP contribution in [0.1, 0.15) is 50.8 Å². The molecule has 0 fully saturated rings. The lowest BCUT2D eigenvalue weighted by molar-refractivity contribution is 0.267. The number of benzene rings is 1. The maximum Gasteiger partial charge on any atom is 0.0991 e. The van der Waals surface area contributed by atoms with Crippen molar-refractivity contribution in [1.82, 2.24) is 10.2 Å². The number of nitrogens with zero attached hydrogens (tertiary/aromatic N) is 2. The van der Waals surface area contributed by atoms with Crippen LogP contribution in [-0.2, 0) is 0 Å². The Bertz CT molecular complexity index is 434. The van der Waals surface area contributed by atoms with Crippen LogP contribution < -0.4 is 5.32 Å². The van der Waals surface area contributed by atoms with Crippen molar-refractivity contribution in [3.05, 3.63) is 35.4 Å². The first-order valence-electron chi connectivity index (χ1n) is 7.48. The second kappa shape index (κ2) is 8.73. The van der Waals surface area contributed by atoms with E-state index in [9.17, 15) is 0 Å². The summed E-state index contributed by atoms with van der Waals surface area (Å²) in [6.45, 7) is 8.77. The van der Waals surface area contributed by atoms with Crippen molar-refractivity contribution < 1.29 is 0 Å². The Balaban J connectivity index is 2.26. The zero-order valence-corrected chi connectivity index (χ0v) is 13.2. The van der Waals surface area contributed by atoms with Gasteiger partial charge in [0, 0.05) is 12.1 Å². The van der Waals surface area contributed by atoms with Crippen LogP contribution in [0.2, 0.25) is 0 Å². The largest absolute Gasteiger partial charge is 0.310 e. The molecule has 1 unspecified atom stereocenters. The lowest BCUT2D eigenvalue weighted by atomic mass is 10.1. The van der Waals surface area contributed by atoms with Gasteiger partial charge in [0.05, 0.1) is 11.6 Å². The molecule has 0 radical (unpaired) electrons. The topological polar surface area (TPSA) is 39.1 Å². The van der Waals surface area contributed by atoms with Gasteiger partial charge in [0.2, 0.25) is 0 Å². The Kier molecular flexibility index (Phi) is 7.28. The lowest BCUT2D eigenvalue weighted by Crippen LogP contribution is -2.28. The van der Waals surface area contributed by atoms with E-state index in [0.717, 1.165) is 18.7 Å². The second-order valence-electron chi connectivity index (χ2n) is 5.69. The molecule has 1 N–H and O–H groups in total. The summed E-state index contributed by atoms with van der Waals surface area (Å²) >= 11 is 0. The van der Waals surface area contributed by atoms with E-state index in [1.54, 1.807) is 0 Å². The maximum atomic E-state index is 8.91. The molecule has 0 aliphatic heterocycles. The predicted octanol–water partition coefficient (Wildman–Crippen LogP) is 3.33. The van der Waals surface area contributed by atoms with E-state index in [0.29, 0.717) is 12.1 Å². The molecule has 0 aromatic heterocycles. The molecule has 1 aromatic rings. The zero-order chi connectivity index (χ0) is 15.0. The molecular weight excluding hydrogens is 246 g/mol. The third kappa shape index (κ3) is 5.73. The first kappa shape index (κ1) is 16.7. The highest BCUT2D eigenvalue weighted by molar-refractivity contribution is 5.33. The molecule has 0 bridgehead atoms. The molecule has 1 rings (SSSR count). The van der Waals surface area contributed by atoms with Gasteiger partial charge in [-0.3, -0.25) is 0 Å². The van der Waals surface area contributed by atoms with Gasteiger partial charge in [0.1, 0.15) is 0 Å². The van der Waals surface area contributed by atoms with E-state index in [2.05, 4.69) is 50.2 Å². The third-order valence-corrected chi connectivity index (χ3v) is 3.79. The minimum absolute atomic E-state index is 0.297. The minimum Gasteiger partial charge on any atom is -0.310 e. The summed E-state index contributed by atoms with van der Waals surface area (Å²) in [4.78, 5) is 2.37. The van der Waals surface area contributed by atoms with E-state index in [1.807, 2.05) is 18.2 Å². The van der Waals surface area contributed by atoms with Gasteiger partial charge in [-0.1, -0.05) is 12.1 Å². The normalized spacial score (nSPS) is 12.7. The number of nitriles is 1. The SMILES string of the molecule is CC(NCCCCN(C)C(C)C)c1cccc(C#N)c1. The second-order valence-corrected chi connectivity index (χ2v) is 5.69. The molecule has 0 aliphatic rings. The average Bonchev–Trinajstić information content (AvgIpc) is 2.46. The van der Waals surface area contributed by atoms with Gasteiger partial charge in [-0.2, -0.15) is 5.26 Å². The molecule has 0 aliphatic carbocycles. The smallest absolute Gasteiger partial charge is 0.0991 e. The van der Waals surface area contributed by atoms with E-state index in [1.165, 1.54) is 18.4 Å². The molecule has 3 heteroatoms. The lowest BCUT2D eigenvalue weighted by Gasteiger charge is -2.21. The fourth-order valence-corrected chi connectivity index (χ4v) is 2.06.